The maximum atomic E-state index is 10.7. The highest BCUT2D eigenvalue weighted by atomic mass is 16.7. The molecule has 6 nitrogen and oxygen atoms in total. The van der Waals surface area contributed by atoms with Crippen molar-refractivity contribution in [3.63, 3.8) is 0 Å². The van der Waals surface area contributed by atoms with Crippen molar-refractivity contribution in [2.24, 2.45) is 0 Å². The topological polar surface area (TPSA) is 70.8 Å². The third kappa shape index (κ3) is 1.71. The summed E-state index contributed by atoms with van der Waals surface area (Å²) in [5.74, 6) is 0.829. The summed E-state index contributed by atoms with van der Waals surface area (Å²) in [6, 6.07) is 2.80. The number of nitro groups is 1. The molecule has 0 amide bonds. The van der Waals surface area contributed by atoms with Crippen molar-refractivity contribution >= 4 is 5.69 Å². The maximum Gasteiger partial charge on any atom is 0.278 e. The molecule has 0 saturated heterocycles. The highest BCUT2D eigenvalue weighted by Crippen LogP contribution is 2.38. The SMILES string of the molecule is [CH]OCc1cc2c(cc1[N+](=O)[O-])OCO2. The van der Waals surface area contributed by atoms with E-state index in [0.717, 1.165) is 0 Å². The lowest BCUT2D eigenvalue weighted by atomic mass is 10.1. The van der Waals surface area contributed by atoms with Crippen LogP contribution in [0.25, 0.3) is 0 Å². The number of rotatable bonds is 3. The molecule has 0 aliphatic carbocycles. The number of ether oxygens (including phenoxy) is 3. The van der Waals surface area contributed by atoms with Crippen LogP contribution in [0.15, 0.2) is 12.1 Å². The lowest BCUT2D eigenvalue weighted by Gasteiger charge is -2.03. The van der Waals surface area contributed by atoms with E-state index in [0.29, 0.717) is 17.1 Å². The van der Waals surface area contributed by atoms with Gasteiger partial charge in [-0.25, -0.2) is 0 Å². The Morgan fingerprint density at radius 3 is 2.73 bits per heavy atom. The van der Waals surface area contributed by atoms with E-state index in [1.54, 1.807) is 0 Å². The molecule has 15 heavy (non-hydrogen) atoms. The van der Waals surface area contributed by atoms with E-state index >= 15 is 0 Å². The van der Waals surface area contributed by atoms with Crippen LogP contribution in [0.1, 0.15) is 5.56 Å². The Morgan fingerprint density at radius 2 is 2.13 bits per heavy atom. The molecule has 1 aliphatic rings. The van der Waals surface area contributed by atoms with Gasteiger partial charge in [0.05, 0.1) is 23.2 Å². The molecule has 78 valence electrons. The van der Waals surface area contributed by atoms with Gasteiger partial charge < -0.3 is 14.2 Å². The van der Waals surface area contributed by atoms with Crippen molar-refractivity contribution < 1.29 is 19.1 Å². The Bertz CT molecular complexity index is 404. The first kappa shape index (κ1) is 9.72. The van der Waals surface area contributed by atoms with Crippen LogP contribution in [0.2, 0.25) is 0 Å². The fourth-order valence-electron chi connectivity index (χ4n) is 1.35. The van der Waals surface area contributed by atoms with E-state index in [1.165, 1.54) is 12.1 Å². The van der Waals surface area contributed by atoms with Crippen LogP contribution in [0.3, 0.4) is 0 Å². The van der Waals surface area contributed by atoms with Crippen molar-refractivity contribution in [2.75, 3.05) is 6.79 Å². The monoisotopic (exact) mass is 209 g/mol. The molecule has 1 heterocycles. The molecule has 0 atom stereocenters. The van der Waals surface area contributed by atoms with E-state index in [4.69, 9.17) is 16.6 Å². The Morgan fingerprint density at radius 1 is 1.47 bits per heavy atom. The molecule has 0 saturated carbocycles. The van der Waals surface area contributed by atoms with E-state index in [9.17, 15) is 10.1 Å². The van der Waals surface area contributed by atoms with Crippen molar-refractivity contribution in [1.29, 1.82) is 0 Å². The van der Waals surface area contributed by atoms with Gasteiger partial charge in [0.25, 0.3) is 5.69 Å². The van der Waals surface area contributed by atoms with Gasteiger partial charge in [0.2, 0.25) is 6.79 Å². The smallest absolute Gasteiger partial charge is 0.278 e. The van der Waals surface area contributed by atoms with Gasteiger partial charge in [-0.1, -0.05) is 0 Å². The third-order valence-electron chi connectivity index (χ3n) is 2.01. The van der Waals surface area contributed by atoms with Gasteiger partial charge in [0.1, 0.15) is 7.11 Å². The summed E-state index contributed by atoms with van der Waals surface area (Å²) in [5.41, 5.74) is 0.261. The van der Waals surface area contributed by atoms with Crippen LogP contribution in [-0.2, 0) is 11.3 Å². The first-order valence-electron chi connectivity index (χ1n) is 4.11. The van der Waals surface area contributed by atoms with Gasteiger partial charge in [-0.2, -0.15) is 0 Å². The highest BCUT2D eigenvalue weighted by Gasteiger charge is 2.22. The van der Waals surface area contributed by atoms with E-state index in [-0.39, 0.29) is 19.1 Å². The second kappa shape index (κ2) is 3.74. The number of hydrogen-bond donors (Lipinski definition) is 0. The predicted octanol–water partition coefficient (Wildman–Crippen LogP) is 1.51. The van der Waals surface area contributed by atoms with E-state index < -0.39 is 4.92 Å². The maximum absolute atomic E-state index is 10.7. The lowest BCUT2D eigenvalue weighted by molar-refractivity contribution is -0.385. The molecule has 0 N–H and O–H groups in total. The summed E-state index contributed by atoms with van der Waals surface area (Å²) >= 11 is 0. The standard InChI is InChI=1S/C9H7NO5/c1-13-4-6-2-8-9(15-5-14-8)3-7(6)10(11)12/h1-3H,4-5H2. The summed E-state index contributed by atoms with van der Waals surface area (Å²) < 4.78 is 14.5. The number of hydrogen-bond acceptors (Lipinski definition) is 5. The molecule has 0 spiro atoms. The van der Waals surface area contributed by atoms with Crippen molar-refractivity contribution in [3.05, 3.63) is 34.9 Å². The number of nitrogens with zero attached hydrogens (tertiary/aromatic N) is 1. The number of nitro benzene ring substituents is 1. The zero-order chi connectivity index (χ0) is 10.8. The molecular weight excluding hydrogens is 202 g/mol. The molecular formula is C9H7NO5. The summed E-state index contributed by atoms with van der Waals surface area (Å²) in [4.78, 5) is 10.2. The summed E-state index contributed by atoms with van der Waals surface area (Å²) in [7, 11) is 4.88. The molecule has 0 fully saturated rings. The second-order valence-corrected chi connectivity index (χ2v) is 2.90. The van der Waals surface area contributed by atoms with Crippen LogP contribution >= 0.6 is 0 Å². The Labute approximate surface area is 85.5 Å². The molecule has 0 bridgehead atoms. The Kier molecular flexibility index (Phi) is 2.42. The molecule has 2 rings (SSSR count). The van der Waals surface area contributed by atoms with Gasteiger partial charge in [-0.15, -0.1) is 0 Å². The predicted molar refractivity (Wildman–Crippen MR) is 48.3 cm³/mol. The number of benzene rings is 1. The minimum Gasteiger partial charge on any atom is -0.454 e. The van der Waals surface area contributed by atoms with Gasteiger partial charge in [0, 0.05) is 0 Å². The van der Waals surface area contributed by atoms with Gasteiger partial charge in [0.15, 0.2) is 11.5 Å². The van der Waals surface area contributed by atoms with Crippen molar-refractivity contribution in [1.82, 2.24) is 0 Å². The normalized spacial score (nSPS) is 12.9. The minimum atomic E-state index is -0.518. The fraction of sp³-hybridized carbons (Fsp3) is 0.222. The van der Waals surface area contributed by atoms with Crippen LogP contribution in [0, 0.1) is 17.2 Å². The molecule has 0 aromatic heterocycles. The molecule has 0 unspecified atom stereocenters. The Balaban J connectivity index is 2.47. The molecule has 6 heteroatoms. The summed E-state index contributed by atoms with van der Waals surface area (Å²) in [6.45, 7) is 0.0202. The molecule has 1 aromatic rings. The molecule has 2 radical (unpaired) electrons. The average Bonchev–Trinajstić information content (AvgIpc) is 2.63. The minimum absolute atomic E-state index is 0.0487. The van der Waals surface area contributed by atoms with E-state index in [1.807, 2.05) is 0 Å². The lowest BCUT2D eigenvalue weighted by Crippen LogP contribution is -1.96. The van der Waals surface area contributed by atoms with Gasteiger partial charge in [-0.05, 0) is 6.07 Å². The largest absolute Gasteiger partial charge is 0.454 e. The van der Waals surface area contributed by atoms with Crippen LogP contribution in [0.5, 0.6) is 11.5 Å². The Hall–Kier alpha value is -1.82. The van der Waals surface area contributed by atoms with Crippen LogP contribution < -0.4 is 9.47 Å². The number of fused-ring (bicyclic) bond motifs is 1. The van der Waals surface area contributed by atoms with Crippen LogP contribution in [-0.4, -0.2) is 11.7 Å². The van der Waals surface area contributed by atoms with Crippen molar-refractivity contribution in [3.8, 4) is 11.5 Å². The first-order valence-corrected chi connectivity index (χ1v) is 4.11. The summed E-state index contributed by atoms with van der Waals surface area (Å²) in [6.07, 6.45) is 0. The highest BCUT2D eigenvalue weighted by molar-refractivity contribution is 5.54. The quantitative estimate of drug-likeness (QED) is 0.557. The van der Waals surface area contributed by atoms with Crippen LogP contribution in [0.4, 0.5) is 5.69 Å². The van der Waals surface area contributed by atoms with E-state index in [2.05, 4.69) is 4.74 Å². The zero-order valence-corrected chi connectivity index (χ0v) is 7.63. The van der Waals surface area contributed by atoms with Crippen molar-refractivity contribution in [2.45, 2.75) is 6.61 Å². The van der Waals surface area contributed by atoms with Gasteiger partial charge >= 0.3 is 0 Å². The average molecular weight is 209 g/mol. The molecule has 1 aliphatic heterocycles. The second-order valence-electron chi connectivity index (χ2n) is 2.90. The fourth-order valence-corrected chi connectivity index (χ4v) is 1.35. The third-order valence-corrected chi connectivity index (χ3v) is 2.01. The first-order chi connectivity index (χ1) is 7.22. The van der Waals surface area contributed by atoms with Gasteiger partial charge in [-0.3, -0.25) is 10.1 Å². The molecule has 1 aromatic carbocycles. The zero-order valence-electron chi connectivity index (χ0n) is 7.63. The summed E-state index contributed by atoms with van der Waals surface area (Å²) in [5, 5.41) is 10.7.